The molecule has 5 heteroatoms. The summed E-state index contributed by atoms with van der Waals surface area (Å²) < 4.78 is 0. The van der Waals surface area contributed by atoms with E-state index in [0.717, 1.165) is 19.3 Å². The number of hydrogen-bond donors (Lipinski definition) is 1. The van der Waals surface area contributed by atoms with E-state index in [1.807, 2.05) is 0 Å². The van der Waals surface area contributed by atoms with Crippen molar-refractivity contribution in [2.75, 3.05) is 0 Å². The first-order valence-corrected chi connectivity index (χ1v) is 10.3. The van der Waals surface area contributed by atoms with Gasteiger partial charge < -0.3 is 6.15 Å². The van der Waals surface area contributed by atoms with Crippen molar-refractivity contribution in [1.29, 1.82) is 0 Å². The number of hydrogen-bond acceptors (Lipinski definition) is 4. The molecule has 0 aromatic heterocycles. The van der Waals surface area contributed by atoms with Gasteiger partial charge in [0.25, 0.3) is 6.04 Å². The largest absolute Gasteiger partial charge is 0.344 e. The lowest BCUT2D eigenvalue weighted by Gasteiger charge is -2.06. The number of unbranched alkanes of at least 4 members (excludes halogenated alkanes) is 13. The van der Waals surface area contributed by atoms with Crippen LogP contribution >= 0.6 is 0 Å². The third-order valence-electron chi connectivity index (χ3n) is 4.79. The van der Waals surface area contributed by atoms with E-state index in [1.165, 1.54) is 70.6 Å². The first kappa shape index (κ1) is 26.3. The minimum atomic E-state index is -0.980. The van der Waals surface area contributed by atoms with E-state index < -0.39 is 11.0 Å². The first-order chi connectivity index (χ1) is 11.6. The summed E-state index contributed by atoms with van der Waals surface area (Å²) in [7, 11) is 0. The van der Waals surface area contributed by atoms with Gasteiger partial charge in [-0.2, -0.15) is 0 Å². The Morgan fingerprint density at radius 1 is 0.760 bits per heavy atom. The van der Waals surface area contributed by atoms with Crippen LogP contribution < -0.4 is 6.15 Å². The zero-order valence-electron chi connectivity index (χ0n) is 16.8. The molecule has 0 aromatic carbocycles. The molecule has 0 aliphatic rings. The number of Topliss-reactive ketones (excluding diaryl/α,β-unsaturated/α-hetero) is 1. The second kappa shape index (κ2) is 19.4. The molecule has 1 unspecified atom stereocenters. The Kier molecular flexibility index (Phi) is 20.3. The predicted molar refractivity (Wildman–Crippen MR) is 106 cm³/mol. The molecule has 0 amide bonds. The van der Waals surface area contributed by atoms with E-state index >= 15 is 0 Å². The molecule has 150 valence electrons. The van der Waals surface area contributed by atoms with Crippen LogP contribution in [0.4, 0.5) is 0 Å². The Bertz CT molecular complexity index is 322. The van der Waals surface area contributed by atoms with E-state index in [-0.39, 0.29) is 11.9 Å². The van der Waals surface area contributed by atoms with E-state index in [0.29, 0.717) is 12.8 Å². The van der Waals surface area contributed by atoms with Crippen molar-refractivity contribution >= 4 is 5.78 Å². The van der Waals surface area contributed by atoms with Gasteiger partial charge in [0, 0.05) is 17.8 Å². The summed E-state index contributed by atoms with van der Waals surface area (Å²) in [4.78, 5) is 22.0. The van der Waals surface area contributed by atoms with Crippen molar-refractivity contribution in [1.82, 2.24) is 6.15 Å². The van der Waals surface area contributed by atoms with Crippen molar-refractivity contribution in [3.05, 3.63) is 10.1 Å². The number of rotatable bonds is 18. The summed E-state index contributed by atoms with van der Waals surface area (Å²) in [6.45, 7) is 3.96. The van der Waals surface area contributed by atoms with Gasteiger partial charge in [-0.1, -0.05) is 97.3 Å². The minimum Gasteiger partial charge on any atom is -0.344 e. The second-order valence-corrected chi connectivity index (χ2v) is 7.02. The molecule has 0 saturated carbocycles. The van der Waals surface area contributed by atoms with E-state index in [1.54, 1.807) is 6.92 Å². The Hall–Kier alpha value is -0.970. The van der Waals surface area contributed by atoms with Gasteiger partial charge in [0.1, 0.15) is 0 Å². The van der Waals surface area contributed by atoms with E-state index in [4.69, 9.17) is 0 Å². The highest BCUT2D eigenvalue weighted by Crippen LogP contribution is 2.14. The molecule has 0 bridgehead atoms. The van der Waals surface area contributed by atoms with Crippen molar-refractivity contribution in [3.63, 3.8) is 0 Å². The van der Waals surface area contributed by atoms with Crippen molar-refractivity contribution in [2.45, 2.75) is 123 Å². The lowest BCUT2D eigenvalue weighted by molar-refractivity contribution is -0.507. The van der Waals surface area contributed by atoms with Crippen LogP contribution in [0.5, 0.6) is 0 Å². The second-order valence-electron chi connectivity index (χ2n) is 7.02. The van der Waals surface area contributed by atoms with Crippen LogP contribution in [0.1, 0.15) is 117 Å². The molecule has 1 atom stereocenters. The Labute approximate surface area is 155 Å². The van der Waals surface area contributed by atoms with Crippen LogP contribution in [0.3, 0.4) is 0 Å². The van der Waals surface area contributed by atoms with Gasteiger partial charge in [-0.05, 0) is 6.42 Å². The van der Waals surface area contributed by atoms with Gasteiger partial charge in [-0.3, -0.25) is 14.9 Å². The molecule has 0 rings (SSSR count). The zero-order chi connectivity index (χ0) is 18.0. The number of nitro groups is 1. The monoisotopic (exact) mass is 358 g/mol. The van der Waals surface area contributed by atoms with Crippen LogP contribution in [0, 0.1) is 10.1 Å². The summed E-state index contributed by atoms with van der Waals surface area (Å²) in [5.41, 5.74) is 0. The maximum atomic E-state index is 11.7. The minimum absolute atomic E-state index is 0. The molecule has 0 radical (unpaired) electrons. The average Bonchev–Trinajstić information content (AvgIpc) is 2.55. The van der Waals surface area contributed by atoms with Crippen LogP contribution in [0.25, 0.3) is 0 Å². The highest BCUT2D eigenvalue weighted by Gasteiger charge is 2.25. The molecule has 3 N–H and O–H groups in total. The standard InChI is InChI=1S/C20H39NO3.H3N/c1-3-5-6-7-8-9-10-11-12-13-14-15-16-17-18-20(22)19(4-2)21(23)24;/h19H,3-18H2,1-2H3;1H3. The van der Waals surface area contributed by atoms with Crippen molar-refractivity contribution < 1.29 is 9.72 Å². The van der Waals surface area contributed by atoms with Gasteiger partial charge in [0.15, 0.2) is 0 Å². The molecular formula is C20H42N2O3. The molecule has 25 heavy (non-hydrogen) atoms. The topological polar surface area (TPSA) is 95.2 Å². The quantitative estimate of drug-likeness (QED) is 0.169. The van der Waals surface area contributed by atoms with Gasteiger partial charge in [0.2, 0.25) is 5.78 Å². The van der Waals surface area contributed by atoms with Gasteiger partial charge in [0.05, 0.1) is 0 Å². The van der Waals surface area contributed by atoms with Crippen LogP contribution in [0.15, 0.2) is 0 Å². The highest BCUT2D eigenvalue weighted by atomic mass is 16.6. The molecule has 5 nitrogen and oxygen atoms in total. The number of ketones is 1. The molecule has 0 saturated heterocycles. The Balaban J connectivity index is 0. The third-order valence-corrected chi connectivity index (χ3v) is 4.79. The molecular weight excluding hydrogens is 316 g/mol. The maximum absolute atomic E-state index is 11.7. The molecule has 0 fully saturated rings. The van der Waals surface area contributed by atoms with Gasteiger partial charge in [-0.25, -0.2) is 0 Å². The van der Waals surface area contributed by atoms with E-state index in [9.17, 15) is 14.9 Å². The summed E-state index contributed by atoms with van der Waals surface area (Å²) in [5.74, 6) is -0.193. The molecule has 0 aliphatic heterocycles. The van der Waals surface area contributed by atoms with Crippen LogP contribution in [0.2, 0.25) is 0 Å². The average molecular weight is 359 g/mol. The fourth-order valence-electron chi connectivity index (χ4n) is 3.15. The van der Waals surface area contributed by atoms with Crippen molar-refractivity contribution in [3.8, 4) is 0 Å². The van der Waals surface area contributed by atoms with Crippen LogP contribution in [-0.2, 0) is 4.79 Å². The molecule has 0 aliphatic carbocycles. The molecule has 0 heterocycles. The summed E-state index contributed by atoms with van der Waals surface area (Å²) in [6, 6.07) is -0.980. The van der Waals surface area contributed by atoms with Crippen LogP contribution in [-0.4, -0.2) is 16.7 Å². The van der Waals surface area contributed by atoms with Crippen molar-refractivity contribution in [2.24, 2.45) is 0 Å². The third kappa shape index (κ3) is 16.3. The summed E-state index contributed by atoms with van der Waals surface area (Å²) in [6.07, 6.45) is 18.5. The zero-order valence-corrected chi connectivity index (χ0v) is 16.8. The highest BCUT2D eigenvalue weighted by molar-refractivity contribution is 5.82. The summed E-state index contributed by atoms with van der Waals surface area (Å²) in [5, 5.41) is 10.7. The smallest absolute Gasteiger partial charge is 0.270 e. The van der Waals surface area contributed by atoms with Gasteiger partial charge >= 0.3 is 0 Å². The van der Waals surface area contributed by atoms with E-state index in [2.05, 4.69) is 6.92 Å². The maximum Gasteiger partial charge on any atom is 0.270 e. The lowest BCUT2D eigenvalue weighted by Crippen LogP contribution is -2.28. The fraction of sp³-hybridized carbons (Fsp3) is 0.950. The molecule has 0 spiro atoms. The fourth-order valence-corrected chi connectivity index (χ4v) is 3.15. The number of carbonyl (C=O) groups is 1. The first-order valence-electron chi connectivity index (χ1n) is 10.3. The Morgan fingerprint density at radius 2 is 1.12 bits per heavy atom. The normalized spacial score (nSPS) is 11.8. The SMILES string of the molecule is CCCCCCCCCCCCCCCCC(=O)C(CC)[N+](=O)[O-].N. The Morgan fingerprint density at radius 3 is 1.44 bits per heavy atom. The lowest BCUT2D eigenvalue weighted by atomic mass is 10.0. The van der Waals surface area contributed by atoms with Gasteiger partial charge in [-0.15, -0.1) is 0 Å². The number of nitrogens with zero attached hydrogens (tertiary/aromatic N) is 1. The predicted octanol–water partition coefficient (Wildman–Crippen LogP) is 6.64. The number of carbonyl (C=O) groups excluding carboxylic acids is 1. The molecule has 0 aromatic rings. The summed E-state index contributed by atoms with van der Waals surface area (Å²) >= 11 is 0.